The molecule has 0 atom stereocenters. The highest BCUT2D eigenvalue weighted by molar-refractivity contribution is 5.98. The Morgan fingerprint density at radius 2 is 1.64 bits per heavy atom. The Kier molecular flexibility index (Phi) is 4.93. The Bertz CT molecular complexity index is 1030. The van der Waals surface area contributed by atoms with Gasteiger partial charge in [-0.25, -0.2) is 9.78 Å². The first-order valence-electron chi connectivity index (χ1n) is 9.24. The predicted octanol–water partition coefficient (Wildman–Crippen LogP) is 2.98. The van der Waals surface area contributed by atoms with Crippen molar-refractivity contribution in [2.45, 2.75) is 0 Å². The maximum absolute atomic E-state index is 12.8. The van der Waals surface area contributed by atoms with Crippen LogP contribution in [0.5, 0.6) is 0 Å². The van der Waals surface area contributed by atoms with Crippen LogP contribution in [0.3, 0.4) is 0 Å². The summed E-state index contributed by atoms with van der Waals surface area (Å²) in [5.74, 6) is 0.414. The second kappa shape index (κ2) is 7.68. The lowest BCUT2D eigenvalue weighted by atomic mass is 10.1. The van der Waals surface area contributed by atoms with Crippen molar-refractivity contribution in [2.24, 2.45) is 0 Å². The van der Waals surface area contributed by atoms with Gasteiger partial charge in [0, 0.05) is 37.1 Å². The zero-order valence-corrected chi connectivity index (χ0v) is 15.7. The molecule has 0 spiro atoms. The maximum Gasteiger partial charge on any atom is 0.337 e. The average molecular weight is 375 g/mol. The molecule has 6 heteroatoms. The van der Waals surface area contributed by atoms with E-state index in [9.17, 15) is 9.59 Å². The zero-order valence-electron chi connectivity index (χ0n) is 15.7. The number of ether oxygens (including phenoxy) is 1. The Labute approximate surface area is 163 Å². The molecule has 0 aliphatic carbocycles. The van der Waals surface area contributed by atoms with Crippen molar-refractivity contribution in [3.8, 4) is 0 Å². The van der Waals surface area contributed by atoms with Gasteiger partial charge in [-0.2, -0.15) is 0 Å². The van der Waals surface area contributed by atoms with Gasteiger partial charge >= 0.3 is 5.97 Å². The van der Waals surface area contributed by atoms with Crippen molar-refractivity contribution < 1.29 is 14.3 Å². The van der Waals surface area contributed by atoms with Crippen LogP contribution in [0.4, 0.5) is 5.82 Å². The lowest BCUT2D eigenvalue weighted by molar-refractivity contribution is 0.0600. The molecule has 0 saturated carbocycles. The highest BCUT2D eigenvalue weighted by Crippen LogP contribution is 2.20. The molecule has 1 amide bonds. The molecule has 4 rings (SSSR count). The van der Waals surface area contributed by atoms with Gasteiger partial charge in [-0.15, -0.1) is 0 Å². The molecule has 1 aromatic heterocycles. The Morgan fingerprint density at radius 3 is 2.43 bits per heavy atom. The number of anilines is 1. The highest BCUT2D eigenvalue weighted by Gasteiger charge is 2.23. The number of rotatable bonds is 3. The van der Waals surface area contributed by atoms with Gasteiger partial charge in [-0.05, 0) is 36.4 Å². The molecule has 0 bridgehead atoms. The fraction of sp³-hybridized carbons (Fsp3) is 0.227. The smallest absolute Gasteiger partial charge is 0.337 e. The molecule has 1 aliphatic rings. The van der Waals surface area contributed by atoms with Crippen LogP contribution in [0.25, 0.3) is 10.9 Å². The summed E-state index contributed by atoms with van der Waals surface area (Å²) < 4.78 is 4.73. The van der Waals surface area contributed by atoms with E-state index in [-0.39, 0.29) is 5.91 Å². The van der Waals surface area contributed by atoms with E-state index >= 15 is 0 Å². The third kappa shape index (κ3) is 3.53. The second-order valence-electron chi connectivity index (χ2n) is 6.71. The first-order valence-corrected chi connectivity index (χ1v) is 9.24. The summed E-state index contributed by atoms with van der Waals surface area (Å²) in [5, 5.41) is 1.12. The largest absolute Gasteiger partial charge is 0.465 e. The van der Waals surface area contributed by atoms with Gasteiger partial charge in [0.15, 0.2) is 0 Å². The number of hydrogen-bond donors (Lipinski definition) is 0. The van der Waals surface area contributed by atoms with Gasteiger partial charge in [0.25, 0.3) is 5.91 Å². The first-order chi connectivity index (χ1) is 13.7. The molecule has 1 fully saturated rings. The van der Waals surface area contributed by atoms with Crippen LogP contribution >= 0.6 is 0 Å². The van der Waals surface area contributed by atoms with Gasteiger partial charge in [0.2, 0.25) is 0 Å². The Hall–Kier alpha value is -3.41. The lowest BCUT2D eigenvalue weighted by Gasteiger charge is -2.35. The van der Waals surface area contributed by atoms with Gasteiger partial charge < -0.3 is 14.5 Å². The molecule has 1 aliphatic heterocycles. The number of carbonyl (C=O) groups is 2. The minimum Gasteiger partial charge on any atom is -0.465 e. The number of carbonyl (C=O) groups excluding carboxylic acids is 2. The number of nitrogens with zero attached hydrogens (tertiary/aromatic N) is 3. The SMILES string of the molecule is COC(=O)c1cccc(C(=O)N2CCN(c3ccc4ccccc4n3)CC2)c1. The van der Waals surface area contributed by atoms with Crippen molar-refractivity contribution in [1.29, 1.82) is 0 Å². The molecule has 1 saturated heterocycles. The Morgan fingerprint density at radius 1 is 0.893 bits per heavy atom. The number of para-hydroxylation sites is 1. The normalized spacial score (nSPS) is 14.2. The standard InChI is InChI=1S/C22H21N3O3/c1-28-22(27)18-7-4-6-17(15-18)21(26)25-13-11-24(12-14-25)20-10-9-16-5-2-3-8-19(16)23-20/h2-10,15H,11-14H2,1H3. The number of pyridine rings is 1. The van der Waals surface area contributed by atoms with Crippen LogP contribution in [0.15, 0.2) is 60.7 Å². The third-order valence-corrected chi connectivity index (χ3v) is 5.01. The van der Waals surface area contributed by atoms with Crippen LogP contribution in [0.2, 0.25) is 0 Å². The summed E-state index contributed by atoms with van der Waals surface area (Å²) in [4.78, 5) is 33.3. The molecule has 0 unspecified atom stereocenters. The monoisotopic (exact) mass is 375 g/mol. The van der Waals surface area contributed by atoms with Crippen LogP contribution in [0.1, 0.15) is 20.7 Å². The molecular formula is C22H21N3O3. The van der Waals surface area contributed by atoms with E-state index in [0.29, 0.717) is 37.3 Å². The van der Waals surface area contributed by atoms with Crippen molar-refractivity contribution in [2.75, 3.05) is 38.2 Å². The third-order valence-electron chi connectivity index (χ3n) is 5.01. The van der Waals surface area contributed by atoms with Gasteiger partial charge in [0.05, 0.1) is 18.2 Å². The fourth-order valence-electron chi connectivity index (χ4n) is 3.45. The van der Waals surface area contributed by atoms with Gasteiger partial charge in [-0.1, -0.05) is 24.3 Å². The van der Waals surface area contributed by atoms with Gasteiger partial charge in [-0.3, -0.25) is 4.79 Å². The van der Waals surface area contributed by atoms with E-state index in [0.717, 1.165) is 16.7 Å². The lowest BCUT2D eigenvalue weighted by Crippen LogP contribution is -2.49. The summed E-state index contributed by atoms with van der Waals surface area (Å²) in [6.45, 7) is 2.65. The van der Waals surface area contributed by atoms with Crippen molar-refractivity contribution in [3.05, 3.63) is 71.8 Å². The number of esters is 1. The van der Waals surface area contributed by atoms with E-state index in [1.807, 2.05) is 35.2 Å². The topological polar surface area (TPSA) is 62.7 Å². The molecule has 0 radical (unpaired) electrons. The number of piperazine rings is 1. The van der Waals surface area contributed by atoms with Crippen LogP contribution in [-0.4, -0.2) is 55.0 Å². The number of hydrogen-bond acceptors (Lipinski definition) is 5. The van der Waals surface area contributed by atoms with Gasteiger partial charge in [0.1, 0.15) is 5.82 Å². The molecule has 28 heavy (non-hydrogen) atoms. The molecule has 0 N–H and O–H groups in total. The molecule has 142 valence electrons. The number of benzene rings is 2. The Balaban J connectivity index is 1.44. The summed E-state index contributed by atoms with van der Waals surface area (Å²) in [5.41, 5.74) is 1.85. The summed E-state index contributed by atoms with van der Waals surface area (Å²) in [6, 6.07) is 18.8. The molecular weight excluding hydrogens is 354 g/mol. The van der Waals surface area contributed by atoms with E-state index < -0.39 is 5.97 Å². The number of methoxy groups -OCH3 is 1. The highest BCUT2D eigenvalue weighted by atomic mass is 16.5. The summed E-state index contributed by atoms with van der Waals surface area (Å²) in [7, 11) is 1.33. The second-order valence-corrected chi connectivity index (χ2v) is 6.71. The first kappa shape index (κ1) is 18.0. The predicted molar refractivity (Wildman–Crippen MR) is 108 cm³/mol. The number of fused-ring (bicyclic) bond motifs is 1. The number of amides is 1. The summed E-state index contributed by atoms with van der Waals surface area (Å²) >= 11 is 0. The summed E-state index contributed by atoms with van der Waals surface area (Å²) in [6.07, 6.45) is 0. The zero-order chi connectivity index (χ0) is 19.5. The van der Waals surface area contributed by atoms with Crippen LogP contribution in [-0.2, 0) is 4.74 Å². The van der Waals surface area contributed by atoms with E-state index in [2.05, 4.69) is 11.0 Å². The van der Waals surface area contributed by atoms with Crippen LogP contribution < -0.4 is 4.90 Å². The van der Waals surface area contributed by atoms with E-state index in [1.54, 1.807) is 24.3 Å². The van der Waals surface area contributed by atoms with Crippen LogP contribution in [0, 0.1) is 0 Å². The number of aromatic nitrogens is 1. The van der Waals surface area contributed by atoms with Crippen molar-refractivity contribution in [1.82, 2.24) is 9.88 Å². The van der Waals surface area contributed by atoms with Crippen molar-refractivity contribution >= 4 is 28.6 Å². The molecule has 3 aromatic rings. The minimum absolute atomic E-state index is 0.0723. The molecule has 2 aromatic carbocycles. The minimum atomic E-state index is -0.443. The molecule has 6 nitrogen and oxygen atoms in total. The maximum atomic E-state index is 12.8. The average Bonchev–Trinajstić information content (AvgIpc) is 2.78. The fourth-order valence-corrected chi connectivity index (χ4v) is 3.45. The van der Waals surface area contributed by atoms with E-state index in [4.69, 9.17) is 9.72 Å². The quantitative estimate of drug-likeness (QED) is 0.659. The van der Waals surface area contributed by atoms with E-state index in [1.165, 1.54) is 7.11 Å². The van der Waals surface area contributed by atoms with Crippen molar-refractivity contribution in [3.63, 3.8) is 0 Å². The molecule has 2 heterocycles.